The zero-order chi connectivity index (χ0) is 12.8. The first-order valence-corrected chi connectivity index (χ1v) is 6.02. The normalized spacial score (nSPS) is 12.3. The molecule has 2 aromatic rings. The molecule has 0 aliphatic carbocycles. The van der Waals surface area contributed by atoms with Gasteiger partial charge in [-0.1, -0.05) is 42.5 Å². The largest absolute Gasteiger partial charge is 0.271 e. The third-order valence-corrected chi connectivity index (χ3v) is 2.96. The predicted molar refractivity (Wildman–Crippen MR) is 71.4 cm³/mol. The van der Waals surface area contributed by atoms with E-state index in [2.05, 4.69) is 17.6 Å². The van der Waals surface area contributed by atoms with E-state index in [0.29, 0.717) is 0 Å². The van der Waals surface area contributed by atoms with Crippen molar-refractivity contribution in [2.24, 2.45) is 5.84 Å². The Morgan fingerprint density at radius 3 is 2.00 bits per heavy atom. The van der Waals surface area contributed by atoms with Gasteiger partial charge in [0, 0.05) is 6.04 Å². The monoisotopic (exact) mass is 244 g/mol. The minimum absolute atomic E-state index is 0.151. The lowest BCUT2D eigenvalue weighted by molar-refractivity contribution is 0.522. The van der Waals surface area contributed by atoms with Crippen molar-refractivity contribution in [2.45, 2.75) is 18.9 Å². The molecule has 2 nitrogen and oxygen atoms in total. The van der Waals surface area contributed by atoms with Gasteiger partial charge in [-0.05, 0) is 36.1 Å². The Labute approximate surface area is 107 Å². The van der Waals surface area contributed by atoms with Crippen LogP contribution in [0, 0.1) is 5.82 Å². The minimum Gasteiger partial charge on any atom is -0.271 e. The van der Waals surface area contributed by atoms with Crippen molar-refractivity contribution >= 4 is 0 Å². The summed E-state index contributed by atoms with van der Waals surface area (Å²) in [4.78, 5) is 0. The summed E-state index contributed by atoms with van der Waals surface area (Å²) in [5.41, 5.74) is 5.14. The molecule has 0 saturated carbocycles. The molecular weight excluding hydrogens is 227 g/mol. The Hall–Kier alpha value is -1.71. The van der Waals surface area contributed by atoms with E-state index in [1.807, 2.05) is 18.2 Å². The van der Waals surface area contributed by atoms with E-state index in [1.54, 1.807) is 12.1 Å². The summed E-state index contributed by atoms with van der Waals surface area (Å²) in [5.74, 6) is 5.37. The molecule has 2 rings (SSSR count). The standard InChI is InChI=1S/C15H17FN2/c16-14-8-6-13(7-9-14)11-15(18-17)10-12-4-2-1-3-5-12/h1-9,15,18H,10-11,17H2. The number of hydrogen-bond donors (Lipinski definition) is 2. The molecule has 3 N–H and O–H groups in total. The van der Waals surface area contributed by atoms with Crippen molar-refractivity contribution in [3.8, 4) is 0 Å². The van der Waals surface area contributed by atoms with Crippen molar-refractivity contribution in [2.75, 3.05) is 0 Å². The highest BCUT2D eigenvalue weighted by atomic mass is 19.1. The molecular formula is C15H17FN2. The topological polar surface area (TPSA) is 38.0 Å². The Morgan fingerprint density at radius 2 is 1.44 bits per heavy atom. The van der Waals surface area contributed by atoms with E-state index in [9.17, 15) is 4.39 Å². The third kappa shape index (κ3) is 3.65. The molecule has 0 aliphatic rings. The van der Waals surface area contributed by atoms with Crippen LogP contribution in [0.3, 0.4) is 0 Å². The third-order valence-electron chi connectivity index (χ3n) is 2.96. The second-order valence-corrected chi connectivity index (χ2v) is 4.38. The van der Waals surface area contributed by atoms with Gasteiger partial charge in [0.1, 0.15) is 5.82 Å². The molecule has 0 aromatic heterocycles. The van der Waals surface area contributed by atoms with Crippen molar-refractivity contribution in [1.29, 1.82) is 0 Å². The summed E-state index contributed by atoms with van der Waals surface area (Å²) < 4.78 is 12.8. The fourth-order valence-corrected chi connectivity index (χ4v) is 1.99. The quantitative estimate of drug-likeness (QED) is 0.626. The Bertz CT molecular complexity index is 468. The van der Waals surface area contributed by atoms with Gasteiger partial charge in [-0.3, -0.25) is 11.3 Å². The summed E-state index contributed by atoms with van der Waals surface area (Å²) in [6, 6.07) is 16.9. The van der Waals surface area contributed by atoms with Crippen molar-refractivity contribution in [1.82, 2.24) is 5.43 Å². The summed E-state index contributed by atoms with van der Waals surface area (Å²) in [6.07, 6.45) is 1.64. The SMILES string of the molecule is NNC(Cc1ccccc1)Cc1ccc(F)cc1. The summed E-state index contributed by atoms with van der Waals surface area (Å²) in [7, 11) is 0. The molecule has 2 aromatic carbocycles. The second kappa shape index (κ2) is 6.28. The smallest absolute Gasteiger partial charge is 0.123 e. The lowest BCUT2D eigenvalue weighted by atomic mass is 9.99. The molecule has 0 heterocycles. The molecule has 1 atom stereocenters. The average molecular weight is 244 g/mol. The summed E-state index contributed by atoms with van der Waals surface area (Å²) in [5, 5.41) is 0. The van der Waals surface area contributed by atoms with E-state index in [1.165, 1.54) is 17.7 Å². The molecule has 0 bridgehead atoms. The number of nitrogens with one attached hydrogen (secondary N) is 1. The number of nitrogens with two attached hydrogens (primary N) is 1. The number of rotatable bonds is 5. The zero-order valence-corrected chi connectivity index (χ0v) is 10.1. The lowest BCUT2D eigenvalue weighted by Gasteiger charge is -2.16. The van der Waals surface area contributed by atoms with Gasteiger partial charge in [0.15, 0.2) is 0 Å². The van der Waals surface area contributed by atoms with E-state index in [-0.39, 0.29) is 11.9 Å². The van der Waals surface area contributed by atoms with E-state index in [0.717, 1.165) is 18.4 Å². The maximum Gasteiger partial charge on any atom is 0.123 e. The van der Waals surface area contributed by atoms with Gasteiger partial charge in [-0.2, -0.15) is 0 Å². The van der Waals surface area contributed by atoms with Gasteiger partial charge in [0.05, 0.1) is 0 Å². The molecule has 18 heavy (non-hydrogen) atoms. The Balaban J connectivity index is 1.99. The van der Waals surface area contributed by atoms with E-state index < -0.39 is 0 Å². The van der Waals surface area contributed by atoms with Gasteiger partial charge in [-0.15, -0.1) is 0 Å². The lowest BCUT2D eigenvalue weighted by Crippen LogP contribution is -2.38. The second-order valence-electron chi connectivity index (χ2n) is 4.38. The van der Waals surface area contributed by atoms with Gasteiger partial charge < -0.3 is 0 Å². The van der Waals surface area contributed by atoms with Crippen LogP contribution >= 0.6 is 0 Å². The van der Waals surface area contributed by atoms with Crippen molar-refractivity contribution in [3.05, 3.63) is 71.5 Å². The number of benzene rings is 2. The van der Waals surface area contributed by atoms with Crippen LogP contribution in [0.1, 0.15) is 11.1 Å². The molecule has 1 unspecified atom stereocenters. The first-order valence-electron chi connectivity index (χ1n) is 6.02. The van der Waals surface area contributed by atoms with Gasteiger partial charge in [-0.25, -0.2) is 4.39 Å². The highest BCUT2D eigenvalue weighted by molar-refractivity contribution is 5.20. The van der Waals surface area contributed by atoms with Crippen LogP contribution in [0.4, 0.5) is 4.39 Å². The number of halogens is 1. The first kappa shape index (κ1) is 12.7. The zero-order valence-electron chi connectivity index (χ0n) is 10.1. The van der Waals surface area contributed by atoms with Gasteiger partial charge in [0.2, 0.25) is 0 Å². The molecule has 0 spiro atoms. The van der Waals surface area contributed by atoms with Crippen LogP contribution in [-0.2, 0) is 12.8 Å². The Kier molecular flexibility index (Phi) is 4.45. The maximum atomic E-state index is 12.8. The molecule has 0 saturated heterocycles. The van der Waals surface area contributed by atoms with Crippen LogP contribution in [0.2, 0.25) is 0 Å². The van der Waals surface area contributed by atoms with Crippen molar-refractivity contribution < 1.29 is 4.39 Å². The molecule has 3 heteroatoms. The molecule has 0 amide bonds. The van der Waals surface area contributed by atoms with Crippen molar-refractivity contribution in [3.63, 3.8) is 0 Å². The number of hydrazine groups is 1. The summed E-state index contributed by atoms with van der Waals surface area (Å²) >= 11 is 0. The van der Waals surface area contributed by atoms with Crippen LogP contribution in [0.15, 0.2) is 54.6 Å². The molecule has 0 aliphatic heterocycles. The van der Waals surface area contributed by atoms with Gasteiger partial charge >= 0.3 is 0 Å². The Morgan fingerprint density at radius 1 is 0.889 bits per heavy atom. The van der Waals surface area contributed by atoms with Crippen LogP contribution in [0.25, 0.3) is 0 Å². The number of hydrogen-bond acceptors (Lipinski definition) is 2. The fourth-order valence-electron chi connectivity index (χ4n) is 1.99. The fraction of sp³-hybridized carbons (Fsp3) is 0.200. The predicted octanol–water partition coefficient (Wildman–Crippen LogP) is 2.44. The van der Waals surface area contributed by atoms with Crippen LogP contribution in [0.5, 0.6) is 0 Å². The summed E-state index contributed by atoms with van der Waals surface area (Å²) in [6.45, 7) is 0. The highest BCUT2D eigenvalue weighted by Gasteiger charge is 2.08. The van der Waals surface area contributed by atoms with E-state index >= 15 is 0 Å². The maximum absolute atomic E-state index is 12.8. The van der Waals surface area contributed by atoms with Crippen LogP contribution < -0.4 is 11.3 Å². The highest BCUT2D eigenvalue weighted by Crippen LogP contribution is 2.09. The molecule has 0 radical (unpaired) electrons. The molecule has 0 fully saturated rings. The first-order chi connectivity index (χ1) is 8.78. The minimum atomic E-state index is -0.209. The molecule has 94 valence electrons. The van der Waals surface area contributed by atoms with Gasteiger partial charge in [0.25, 0.3) is 0 Å². The van der Waals surface area contributed by atoms with Crippen LogP contribution in [-0.4, -0.2) is 6.04 Å². The van der Waals surface area contributed by atoms with E-state index in [4.69, 9.17) is 5.84 Å². The average Bonchev–Trinajstić information content (AvgIpc) is 2.41.